The summed E-state index contributed by atoms with van der Waals surface area (Å²) in [5, 5.41) is 11.6. The Labute approximate surface area is 182 Å². The molecule has 164 valence electrons. The smallest absolute Gasteiger partial charge is 0.408 e. The van der Waals surface area contributed by atoms with E-state index in [9.17, 15) is 14.7 Å². The Balaban J connectivity index is 2.11. The molecule has 0 saturated carbocycles. The number of nitrogens with one attached hydrogen (secondary N) is 1. The Morgan fingerprint density at radius 1 is 1.20 bits per heavy atom. The summed E-state index contributed by atoms with van der Waals surface area (Å²) >= 11 is 1.43. The molecule has 0 aliphatic heterocycles. The third kappa shape index (κ3) is 6.52. The standard InChI is InChI=1S/C22H31N3O4S/c1-13-10-17(23-18(11-13)25-14(2)8-9-15(25)3)12-30-16(4)19(20(26)27)24-21(28)29-22(5,6)7/h8-11,16,19H,12H2,1-7H3,(H,24,28)(H,26,27)/t16-,19+/m1/s1. The van der Waals surface area contributed by atoms with E-state index < -0.39 is 23.7 Å². The molecule has 2 aromatic heterocycles. The van der Waals surface area contributed by atoms with Crippen LogP contribution < -0.4 is 5.32 Å². The number of aliphatic carboxylic acids is 1. The van der Waals surface area contributed by atoms with Crippen LogP contribution in [-0.2, 0) is 15.3 Å². The number of alkyl carbamates (subject to hydrolysis) is 1. The number of carboxylic acid groups (broad SMARTS) is 1. The average molecular weight is 434 g/mol. The van der Waals surface area contributed by atoms with Crippen LogP contribution in [0.1, 0.15) is 50.3 Å². The normalized spacial score (nSPS) is 13.6. The maximum atomic E-state index is 12.0. The number of hydrogen-bond donors (Lipinski definition) is 2. The van der Waals surface area contributed by atoms with Crippen LogP contribution in [0.2, 0.25) is 0 Å². The van der Waals surface area contributed by atoms with Gasteiger partial charge in [-0.2, -0.15) is 0 Å². The van der Waals surface area contributed by atoms with Crippen LogP contribution in [0.25, 0.3) is 5.82 Å². The molecule has 0 unspecified atom stereocenters. The summed E-state index contributed by atoms with van der Waals surface area (Å²) < 4.78 is 7.28. The quantitative estimate of drug-likeness (QED) is 0.672. The van der Waals surface area contributed by atoms with E-state index in [4.69, 9.17) is 9.72 Å². The first kappa shape index (κ1) is 23.8. The Hall–Kier alpha value is -2.48. The van der Waals surface area contributed by atoms with Gasteiger partial charge in [-0.3, -0.25) is 0 Å². The van der Waals surface area contributed by atoms with Crippen molar-refractivity contribution < 1.29 is 19.4 Å². The van der Waals surface area contributed by atoms with Gasteiger partial charge >= 0.3 is 12.1 Å². The van der Waals surface area contributed by atoms with Crippen LogP contribution in [0.5, 0.6) is 0 Å². The van der Waals surface area contributed by atoms with Crippen molar-refractivity contribution in [1.29, 1.82) is 0 Å². The zero-order chi connectivity index (χ0) is 22.6. The molecule has 0 bridgehead atoms. The lowest BCUT2D eigenvalue weighted by Gasteiger charge is -2.24. The highest BCUT2D eigenvalue weighted by Crippen LogP contribution is 2.23. The number of ether oxygens (including phenoxy) is 1. The maximum absolute atomic E-state index is 12.0. The number of carboxylic acids is 1. The van der Waals surface area contributed by atoms with Crippen molar-refractivity contribution in [2.24, 2.45) is 0 Å². The molecule has 0 fully saturated rings. The fraction of sp³-hybridized carbons (Fsp3) is 0.500. The fourth-order valence-electron chi connectivity index (χ4n) is 3.07. The number of rotatable bonds is 7. The van der Waals surface area contributed by atoms with E-state index in [2.05, 4.69) is 22.0 Å². The second kappa shape index (κ2) is 9.55. The molecule has 0 aliphatic rings. The number of nitrogens with zero attached hydrogens (tertiary/aromatic N) is 2. The topological polar surface area (TPSA) is 93.4 Å². The summed E-state index contributed by atoms with van der Waals surface area (Å²) in [6, 6.07) is 7.06. The van der Waals surface area contributed by atoms with Crippen LogP contribution in [0.15, 0.2) is 24.3 Å². The molecule has 0 saturated heterocycles. The molecule has 2 aromatic rings. The van der Waals surface area contributed by atoms with Gasteiger partial charge in [-0.15, -0.1) is 11.8 Å². The van der Waals surface area contributed by atoms with Gasteiger partial charge in [0.15, 0.2) is 0 Å². The number of amides is 1. The highest BCUT2D eigenvalue weighted by atomic mass is 32.2. The minimum Gasteiger partial charge on any atom is -0.480 e. The third-order valence-corrected chi connectivity index (χ3v) is 5.67. The van der Waals surface area contributed by atoms with E-state index in [1.54, 1.807) is 27.7 Å². The van der Waals surface area contributed by atoms with E-state index in [-0.39, 0.29) is 5.25 Å². The Bertz CT molecular complexity index is 898. The molecule has 0 radical (unpaired) electrons. The van der Waals surface area contributed by atoms with Crippen molar-refractivity contribution in [3.05, 3.63) is 46.9 Å². The van der Waals surface area contributed by atoms with Gasteiger partial charge in [0, 0.05) is 22.4 Å². The van der Waals surface area contributed by atoms with Gasteiger partial charge < -0.3 is 19.7 Å². The van der Waals surface area contributed by atoms with Crippen LogP contribution in [0, 0.1) is 20.8 Å². The van der Waals surface area contributed by atoms with Crippen LogP contribution in [0.3, 0.4) is 0 Å². The first-order valence-corrected chi connectivity index (χ1v) is 10.9. The Morgan fingerprint density at radius 2 is 1.80 bits per heavy atom. The van der Waals surface area contributed by atoms with E-state index in [1.165, 1.54) is 11.8 Å². The second-order valence-corrected chi connectivity index (χ2v) is 9.79. The van der Waals surface area contributed by atoms with Gasteiger partial charge in [-0.05, 0) is 71.4 Å². The molecular formula is C22H31N3O4S. The van der Waals surface area contributed by atoms with E-state index in [1.807, 2.05) is 32.9 Å². The number of aryl methyl sites for hydroxylation is 3. The number of carbonyl (C=O) groups is 2. The summed E-state index contributed by atoms with van der Waals surface area (Å²) in [5.74, 6) is 0.270. The molecule has 0 aromatic carbocycles. The van der Waals surface area contributed by atoms with Gasteiger partial charge in [-0.1, -0.05) is 6.92 Å². The Kier molecular flexibility index (Phi) is 7.58. The molecular weight excluding hydrogens is 402 g/mol. The van der Waals surface area contributed by atoms with Crippen molar-refractivity contribution >= 4 is 23.8 Å². The molecule has 8 heteroatoms. The highest BCUT2D eigenvalue weighted by Gasteiger charge is 2.29. The maximum Gasteiger partial charge on any atom is 0.408 e. The fourth-order valence-corrected chi connectivity index (χ4v) is 4.02. The van der Waals surface area contributed by atoms with Crippen molar-refractivity contribution in [3.63, 3.8) is 0 Å². The third-order valence-electron chi connectivity index (χ3n) is 4.41. The number of pyridine rings is 1. The largest absolute Gasteiger partial charge is 0.480 e. The lowest BCUT2D eigenvalue weighted by Crippen LogP contribution is -2.48. The molecule has 0 spiro atoms. The van der Waals surface area contributed by atoms with Crippen LogP contribution in [-0.4, -0.2) is 43.6 Å². The van der Waals surface area contributed by atoms with Gasteiger partial charge in [-0.25, -0.2) is 14.6 Å². The summed E-state index contributed by atoms with van der Waals surface area (Å²) in [6.45, 7) is 13.1. The van der Waals surface area contributed by atoms with Gasteiger partial charge in [0.05, 0.1) is 5.69 Å². The van der Waals surface area contributed by atoms with Crippen molar-refractivity contribution in [3.8, 4) is 5.82 Å². The van der Waals surface area contributed by atoms with E-state index in [0.29, 0.717) is 5.75 Å². The van der Waals surface area contributed by atoms with Crippen molar-refractivity contribution in [1.82, 2.24) is 14.9 Å². The highest BCUT2D eigenvalue weighted by molar-refractivity contribution is 7.99. The minimum atomic E-state index is -1.10. The molecule has 1 amide bonds. The minimum absolute atomic E-state index is 0.379. The summed E-state index contributed by atoms with van der Waals surface area (Å²) in [7, 11) is 0. The first-order valence-electron chi connectivity index (χ1n) is 9.84. The van der Waals surface area contributed by atoms with Crippen LogP contribution >= 0.6 is 11.8 Å². The SMILES string of the molecule is Cc1cc(CS[C@H](C)[C@H](NC(=O)OC(C)(C)C)C(=O)O)nc(-n2c(C)ccc2C)c1. The predicted molar refractivity (Wildman–Crippen MR) is 119 cm³/mol. The van der Waals surface area contributed by atoms with Crippen molar-refractivity contribution in [2.45, 2.75) is 71.1 Å². The van der Waals surface area contributed by atoms with Gasteiger partial charge in [0.25, 0.3) is 0 Å². The van der Waals surface area contributed by atoms with Crippen molar-refractivity contribution in [2.75, 3.05) is 0 Å². The number of thioether (sulfide) groups is 1. The molecule has 2 heterocycles. The number of carbonyl (C=O) groups excluding carboxylic acids is 1. The first-order chi connectivity index (χ1) is 13.9. The molecule has 30 heavy (non-hydrogen) atoms. The van der Waals surface area contributed by atoms with Crippen LogP contribution in [0.4, 0.5) is 4.79 Å². The number of hydrogen-bond acceptors (Lipinski definition) is 5. The van der Waals surface area contributed by atoms with E-state index in [0.717, 1.165) is 28.5 Å². The zero-order valence-corrected chi connectivity index (χ0v) is 19.5. The summed E-state index contributed by atoms with van der Waals surface area (Å²) in [5.41, 5.74) is 3.45. The Morgan fingerprint density at radius 3 is 2.33 bits per heavy atom. The average Bonchev–Trinajstić information content (AvgIpc) is 2.94. The molecule has 2 N–H and O–H groups in total. The van der Waals surface area contributed by atoms with Gasteiger partial charge in [0.1, 0.15) is 17.5 Å². The summed E-state index contributed by atoms with van der Waals surface area (Å²) in [4.78, 5) is 28.5. The number of aromatic nitrogens is 2. The molecule has 0 aliphatic carbocycles. The summed E-state index contributed by atoms with van der Waals surface area (Å²) in [6.07, 6.45) is -0.739. The monoisotopic (exact) mass is 433 g/mol. The van der Waals surface area contributed by atoms with E-state index >= 15 is 0 Å². The molecule has 2 atom stereocenters. The molecule has 2 rings (SSSR count). The lowest BCUT2D eigenvalue weighted by atomic mass is 10.2. The lowest BCUT2D eigenvalue weighted by molar-refractivity contribution is -0.139. The zero-order valence-electron chi connectivity index (χ0n) is 18.6. The molecule has 7 nitrogen and oxygen atoms in total. The second-order valence-electron chi connectivity index (χ2n) is 8.42. The van der Waals surface area contributed by atoms with Gasteiger partial charge in [0.2, 0.25) is 0 Å². The predicted octanol–water partition coefficient (Wildman–Crippen LogP) is 4.40.